The number of nitrogens with one attached hydrogen (secondary N) is 1. The Balaban J connectivity index is 3.10. The van der Waals surface area contributed by atoms with E-state index in [1.165, 1.54) is 0 Å². The first kappa shape index (κ1) is 16.7. The Bertz CT molecular complexity index is 453. The molecule has 114 valence electrons. The molecule has 1 rings (SSSR count). The first-order valence-electron chi connectivity index (χ1n) is 5.44. The van der Waals surface area contributed by atoms with Crippen molar-refractivity contribution in [1.82, 2.24) is 5.43 Å². The maximum Gasteiger partial charge on any atom is 0.416 e. The molecule has 0 fully saturated rings. The summed E-state index contributed by atoms with van der Waals surface area (Å²) in [6.07, 6.45) is -11.4. The predicted molar refractivity (Wildman–Crippen MR) is 56.8 cm³/mol. The van der Waals surface area contributed by atoms with Crippen molar-refractivity contribution in [1.29, 1.82) is 0 Å². The number of alkyl halides is 6. The monoisotopic (exact) mass is 304 g/mol. The highest BCUT2D eigenvalue weighted by molar-refractivity contribution is 5.33. The third kappa shape index (κ3) is 4.64. The summed E-state index contributed by atoms with van der Waals surface area (Å²) in [6.45, 7) is 0. The first-order chi connectivity index (χ1) is 9.04. The summed E-state index contributed by atoms with van der Waals surface area (Å²) in [5.41, 5.74) is -0.00336. The van der Waals surface area contributed by atoms with E-state index < -0.39 is 48.2 Å². The zero-order valence-electron chi connectivity index (χ0n) is 9.95. The Kier molecular flexibility index (Phi) is 4.98. The molecule has 1 unspecified atom stereocenters. The molecular weight excluding hydrogens is 293 g/mol. The number of halogens is 7. The Morgan fingerprint density at radius 1 is 1.10 bits per heavy atom. The minimum absolute atomic E-state index is 0.475. The van der Waals surface area contributed by atoms with E-state index in [1.54, 1.807) is 0 Å². The van der Waals surface area contributed by atoms with Gasteiger partial charge in [-0.2, -0.15) is 26.3 Å². The molecule has 0 saturated heterocycles. The molecule has 0 aliphatic rings. The summed E-state index contributed by atoms with van der Waals surface area (Å²) in [4.78, 5) is 0. The molecule has 0 bridgehead atoms. The van der Waals surface area contributed by atoms with Crippen LogP contribution in [0.3, 0.4) is 0 Å². The van der Waals surface area contributed by atoms with Crippen LogP contribution in [0.4, 0.5) is 30.7 Å². The highest BCUT2D eigenvalue weighted by atomic mass is 19.4. The lowest BCUT2D eigenvalue weighted by Gasteiger charge is -2.21. The summed E-state index contributed by atoms with van der Waals surface area (Å²) in [7, 11) is 0. The van der Waals surface area contributed by atoms with Gasteiger partial charge in [-0.3, -0.25) is 11.3 Å². The molecule has 2 nitrogen and oxygen atoms in total. The van der Waals surface area contributed by atoms with Crippen molar-refractivity contribution >= 4 is 0 Å². The molecule has 1 aromatic rings. The van der Waals surface area contributed by atoms with E-state index in [0.717, 1.165) is 0 Å². The van der Waals surface area contributed by atoms with Crippen LogP contribution in [0, 0.1) is 5.82 Å². The number of rotatable bonds is 4. The van der Waals surface area contributed by atoms with Gasteiger partial charge in [0.25, 0.3) is 0 Å². The zero-order valence-corrected chi connectivity index (χ0v) is 9.95. The fourth-order valence-electron chi connectivity index (χ4n) is 1.72. The number of nitrogens with two attached hydrogens (primary N) is 1. The average Bonchev–Trinajstić information content (AvgIpc) is 2.26. The topological polar surface area (TPSA) is 38.0 Å². The molecule has 0 saturated carbocycles. The maximum absolute atomic E-state index is 13.0. The van der Waals surface area contributed by atoms with Gasteiger partial charge in [-0.15, -0.1) is 0 Å². The normalized spacial score (nSPS) is 14.4. The van der Waals surface area contributed by atoms with Gasteiger partial charge >= 0.3 is 12.4 Å². The molecule has 9 heteroatoms. The van der Waals surface area contributed by atoms with E-state index in [2.05, 4.69) is 0 Å². The Morgan fingerprint density at radius 2 is 1.70 bits per heavy atom. The van der Waals surface area contributed by atoms with Gasteiger partial charge in [0.1, 0.15) is 5.82 Å². The van der Waals surface area contributed by atoms with E-state index in [4.69, 9.17) is 5.84 Å². The highest BCUT2D eigenvalue weighted by Crippen LogP contribution is 2.37. The van der Waals surface area contributed by atoms with Gasteiger partial charge in [0.05, 0.1) is 5.56 Å². The van der Waals surface area contributed by atoms with Gasteiger partial charge in [0.2, 0.25) is 0 Å². The maximum atomic E-state index is 13.0. The minimum atomic E-state index is -4.81. The number of hydrogen-bond acceptors (Lipinski definition) is 2. The average molecular weight is 304 g/mol. The summed E-state index contributed by atoms with van der Waals surface area (Å²) in [6, 6.07) is 0.139. The van der Waals surface area contributed by atoms with Crippen LogP contribution in [0.1, 0.15) is 30.0 Å². The summed E-state index contributed by atoms with van der Waals surface area (Å²) >= 11 is 0. The Morgan fingerprint density at radius 3 is 2.15 bits per heavy atom. The fraction of sp³-hybridized carbons (Fsp3) is 0.455. The number of hydrazine groups is 1. The smallest absolute Gasteiger partial charge is 0.271 e. The first-order valence-corrected chi connectivity index (χ1v) is 5.44. The summed E-state index contributed by atoms with van der Waals surface area (Å²) in [5, 5.41) is 0. The van der Waals surface area contributed by atoms with E-state index in [9.17, 15) is 30.7 Å². The van der Waals surface area contributed by atoms with Crippen LogP contribution in [0.2, 0.25) is 0 Å². The second kappa shape index (κ2) is 5.96. The zero-order chi connectivity index (χ0) is 15.6. The van der Waals surface area contributed by atoms with Crippen molar-refractivity contribution in [2.24, 2.45) is 5.84 Å². The fourth-order valence-corrected chi connectivity index (χ4v) is 1.72. The third-order valence-electron chi connectivity index (χ3n) is 2.61. The third-order valence-corrected chi connectivity index (χ3v) is 2.61. The van der Waals surface area contributed by atoms with Crippen LogP contribution >= 0.6 is 0 Å². The van der Waals surface area contributed by atoms with Crippen LogP contribution in [0.15, 0.2) is 18.2 Å². The summed E-state index contributed by atoms with van der Waals surface area (Å²) < 4.78 is 87.6. The second-order valence-corrected chi connectivity index (χ2v) is 4.10. The van der Waals surface area contributed by atoms with Crippen LogP contribution in [0.5, 0.6) is 0 Å². The molecule has 1 aromatic carbocycles. The van der Waals surface area contributed by atoms with Crippen LogP contribution < -0.4 is 11.3 Å². The van der Waals surface area contributed by atoms with Crippen LogP contribution in [-0.2, 0) is 6.18 Å². The highest BCUT2D eigenvalue weighted by Gasteiger charge is 2.36. The predicted octanol–water partition coefficient (Wildman–Crippen LogP) is 3.69. The van der Waals surface area contributed by atoms with Gasteiger partial charge in [-0.05, 0) is 30.2 Å². The number of benzene rings is 1. The van der Waals surface area contributed by atoms with Crippen molar-refractivity contribution in [2.75, 3.05) is 0 Å². The molecule has 3 N–H and O–H groups in total. The van der Waals surface area contributed by atoms with Crippen molar-refractivity contribution in [3.8, 4) is 0 Å². The lowest BCUT2D eigenvalue weighted by Crippen LogP contribution is -2.31. The van der Waals surface area contributed by atoms with Crippen molar-refractivity contribution in [3.05, 3.63) is 35.1 Å². The molecule has 0 aromatic heterocycles. The molecule has 0 amide bonds. The van der Waals surface area contributed by atoms with Crippen molar-refractivity contribution < 1.29 is 30.7 Å². The minimum Gasteiger partial charge on any atom is -0.271 e. The number of hydrogen-bond donors (Lipinski definition) is 2. The second-order valence-electron chi connectivity index (χ2n) is 4.10. The standard InChI is InChI=1S/C11H11F7N2/c12-6-1-2-8(11(16,17)18)7(5-6)9(20-19)3-4-10(13,14)15/h1-2,5,9,20H,3-4,19H2. The lowest BCUT2D eigenvalue weighted by atomic mass is 9.96. The van der Waals surface area contributed by atoms with Gasteiger partial charge in [0, 0.05) is 12.5 Å². The molecule has 0 radical (unpaired) electrons. The molecular formula is C11H11F7N2. The van der Waals surface area contributed by atoms with E-state index in [0.29, 0.717) is 18.2 Å². The van der Waals surface area contributed by atoms with Gasteiger partial charge in [-0.1, -0.05) is 0 Å². The lowest BCUT2D eigenvalue weighted by molar-refractivity contribution is -0.139. The summed E-state index contributed by atoms with van der Waals surface area (Å²) in [5.74, 6) is 4.00. The quantitative estimate of drug-likeness (QED) is 0.506. The largest absolute Gasteiger partial charge is 0.416 e. The van der Waals surface area contributed by atoms with Crippen molar-refractivity contribution in [3.63, 3.8) is 0 Å². The molecule has 20 heavy (non-hydrogen) atoms. The van der Waals surface area contributed by atoms with Gasteiger partial charge in [0.15, 0.2) is 0 Å². The Labute approximate surface area is 109 Å². The molecule has 0 heterocycles. The van der Waals surface area contributed by atoms with Crippen molar-refractivity contribution in [2.45, 2.75) is 31.2 Å². The van der Waals surface area contributed by atoms with Gasteiger partial charge in [-0.25, -0.2) is 4.39 Å². The van der Waals surface area contributed by atoms with Crippen LogP contribution in [-0.4, -0.2) is 6.18 Å². The van der Waals surface area contributed by atoms with E-state index >= 15 is 0 Å². The van der Waals surface area contributed by atoms with E-state index in [1.807, 2.05) is 5.43 Å². The van der Waals surface area contributed by atoms with Gasteiger partial charge < -0.3 is 0 Å². The molecule has 0 aliphatic carbocycles. The van der Waals surface area contributed by atoms with Crippen LogP contribution in [0.25, 0.3) is 0 Å². The molecule has 0 spiro atoms. The van der Waals surface area contributed by atoms with E-state index in [-0.39, 0.29) is 0 Å². The molecule has 0 aliphatic heterocycles. The Hall–Kier alpha value is -1.35. The molecule has 1 atom stereocenters. The SMILES string of the molecule is NNC(CCC(F)(F)F)c1cc(F)ccc1C(F)(F)F.